The molecule has 30 heavy (non-hydrogen) atoms. The number of pyridine rings is 2. The van der Waals surface area contributed by atoms with E-state index in [1.807, 2.05) is 54.9 Å². The Morgan fingerprint density at radius 3 is 2.70 bits per heavy atom. The van der Waals surface area contributed by atoms with E-state index in [0.717, 1.165) is 46.4 Å². The summed E-state index contributed by atoms with van der Waals surface area (Å²) in [6.45, 7) is 5.32. The normalized spacial score (nSPS) is 10.9. The summed E-state index contributed by atoms with van der Waals surface area (Å²) in [6, 6.07) is 11.8. The first kappa shape index (κ1) is 22.1. The van der Waals surface area contributed by atoms with Crippen LogP contribution < -0.4 is 5.56 Å². The number of hydrogen-bond donors (Lipinski definition) is 0. The molecule has 7 heteroatoms. The van der Waals surface area contributed by atoms with Crippen LogP contribution in [-0.4, -0.2) is 19.1 Å². The van der Waals surface area contributed by atoms with Crippen LogP contribution in [0.25, 0.3) is 22.2 Å². The van der Waals surface area contributed by atoms with Gasteiger partial charge in [-0.2, -0.15) is 0 Å². The first-order chi connectivity index (χ1) is 14.1. The maximum atomic E-state index is 13.5. The fourth-order valence-electron chi connectivity index (χ4n) is 3.83. The fourth-order valence-corrected chi connectivity index (χ4v) is 4.02. The standard InChI is InChI=1S/C23H23ClN4O.ClH/c1-3-28-22-19(10-9-16(2)26-22)21(17-6-4-7-18(24)14-17)20(23(28)29)8-5-12-27-13-11-25-15-27;/h4,6-7,9-11,13-15H,3,5,8,12H2,1-2H3;1H. The minimum atomic E-state index is 0. The van der Waals surface area contributed by atoms with Gasteiger partial charge in [0, 0.05) is 52.7 Å². The molecule has 0 N–H and O–H groups in total. The van der Waals surface area contributed by atoms with Gasteiger partial charge in [-0.05, 0) is 56.5 Å². The third-order valence-corrected chi connectivity index (χ3v) is 5.41. The van der Waals surface area contributed by atoms with Crippen LogP contribution in [0.5, 0.6) is 0 Å². The molecule has 0 aliphatic rings. The molecule has 0 radical (unpaired) electrons. The summed E-state index contributed by atoms with van der Waals surface area (Å²) in [5, 5.41) is 1.64. The number of nitrogens with zero attached hydrogens (tertiary/aromatic N) is 4. The Labute approximate surface area is 186 Å². The van der Waals surface area contributed by atoms with Gasteiger partial charge in [0.1, 0.15) is 5.65 Å². The van der Waals surface area contributed by atoms with E-state index in [9.17, 15) is 4.79 Å². The third-order valence-electron chi connectivity index (χ3n) is 5.18. The Morgan fingerprint density at radius 1 is 1.17 bits per heavy atom. The molecule has 0 atom stereocenters. The lowest BCUT2D eigenvalue weighted by Crippen LogP contribution is -2.26. The van der Waals surface area contributed by atoms with Crippen LogP contribution in [0, 0.1) is 6.92 Å². The zero-order valence-electron chi connectivity index (χ0n) is 17.0. The molecule has 5 nitrogen and oxygen atoms in total. The van der Waals surface area contributed by atoms with E-state index in [1.54, 1.807) is 17.1 Å². The smallest absolute Gasteiger partial charge is 0.256 e. The minimum Gasteiger partial charge on any atom is -0.337 e. The van der Waals surface area contributed by atoms with Crippen molar-refractivity contribution >= 4 is 35.0 Å². The highest BCUT2D eigenvalue weighted by Gasteiger charge is 2.18. The first-order valence-corrected chi connectivity index (χ1v) is 10.2. The van der Waals surface area contributed by atoms with Gasteiger partial charge in [0.05, 0.1) is 6.33 Å². The largest absolute Gasteiger partial charge is 0.337 e. The van der Waals surface area contributed by atoms with Crippen LogP contribution in [0.4, 0.5) is 0 Å². The molecule has 0 aliphatic carbocycles. The van der Waals surface area contributed by atoms with Gasteiger partial charge in [0.25, 0.3) is 5.56 Å². The molecular weight excluding hydrogens is 419 g/mol. The lowest BCUT2D eigenvalue weighted by molar-refractivity contribution is 0.634. The Bertz CT molecular complexity index is 1220. The molecule has 0 aliphatic heterocycles. The van der Waals surface area contributed by atoms with Crippen molar-refractivity contribution in [2.75, 3.05) is 0 Å². The van der Waals surface area contributed by atoms with Gasteiger partial charge in [-0.15, -0.1) is 12.4 Å². The quantitative estimate of drug-likeness (QED) is 0.407. The number of halogens is 2. The van der Waals surface area contributed by atoms with Crippen LogP contribution in [0.3, 0.4) is 0 Å². The van der Waals surface area contributed by atoms with Gasteiger partial charge in [-0.25, -0.2) is 9.97 Å². The second kappa shape index (κ2) is 9.45. The number of hydrogen-bond acceptors (Lipinski definition) is 3. The molecule has 3 aromatic heterocycles. The summed E-state index contributed by atoms with van der Waals surface area (Å²) in [6.07, 6.45) is 7.02. The van der Waals surface area contributed by atoms with Crippen molar-refractivity contribution in [3.05, 3.63) is 81.8 Å². The Morgan fingerprint density at radius 2 is 2.00 bits per heavy atom. The van der Waals surface area contributed by atoms with E-state index in [0.29, 0.717) is 18.0 Å². The molecule has 0 bridgehead atoms. The van der Waals surface area contributed by atoms with E-state index in [2.05, 4.69) is 11.1 Å². The minimum absolute atomic E-state index is 0. The topological polar surface area (TPSA) is 52.7 Å². The van der Waals surface area contributed by atoms with Crippen LogP contribution in [-0.2, 0) is 19.5 Å². The van der Waals surface area contributed by atoms with Crippen molar-refractivity contribution < 1.29 is 0 Å². The van der Waals surface area contributed by atoms with Crippen molar-refractivity contribution in [1.82, 2.24) is 19.1 Å². The first-order valence-electron chi connectivity index (χ1n) is 9.83. The number of rotatable bonds is 6. The van der Waals surface area contributed by atoms with Crippen molar-refractivity contribution in [1.29, 1.82) is 0 Å². The maximum Gasteiger partial charge on any atom is 0.256 e. The fraction of sp³-hybridized carbons (Fsp3) is 0.261. The highest BCUT2D eigenvalue weighted by Crippen LogP contribution is 2.32. The maximum absolute atomic E-state index is 13.5. The van der Waals surface area contributed by atoms with Crippen LogP contribution in [0.2, 0.25) is 5.02 Å². The Kier molecular flexibility index (Phi) is 6.95. The highest BCUT2D eigenvalue weighted by molar-refractivity contribution is 6.30. The molecule has 0 fully saturated rings. The van der Waals surface area contributed by atoms with E-state index in [4.69, 9.17) is 16.6 Å². The number of aromatic nitrogens is 4. The van der Waals surface area contributed by atoms with Gasteiger partial charge in [0.2, 0.25) is 0 Å². The molecule has 0 unspecified atom stereocenters. The molecule has 0 saturated heterocycles. The van der Waals surface area contributed by atoms with Gasteiger partial charge >= 0.3 is 0 Å². The Hall–Kier alpha value is -2.63. The molecular formula is C23H24Cl2N4O. The third kappa shape index (κ3) is 4.27. The predicted molar refractivity (Wildman–Crippen MR) is 125 cm³/mol. The van der Waals surface area contributed by atoms with Gasteiger partial charge in [-0.1, -0.05) is 23.7 Å². The second-order valence-corrected chi connectivity index (χ2v) is 7.58. The molecule has 1 aromatic carbocycles. The van der Waals surface area contributed by atoms with Crippen molar-refractivity contribution in [3.8, 4) is 11.1 Å². The number of aryl methyl sites for hydroxylation is 3. The lowest BCUT2D eigenvalue weighted by Gasteiger charge is -2.17. The van der Waals surface area contributed by atoms with E-state index in [-0.39, 0.29) is 18.0 Å². The van der Waals surface area contributed by atoms with Gasteiger partial charge < -0.3 is 4.57 Å². The second-order valence-electron chi connectivity index (χ2n) is 7.14. The summed E-state index contributed by atoms with van der Waals surface area (Å²) in [4.78, 5) is 22.3. The average molecular weight is 443 g/mol. The SMILES string of the molecule is CCn1c(=O)c(CCCn2ccnc2)c(-c2cccc(Cl)c2)c2ccc(C)nc21.Cl. The van der Waals surface area contributed by atoms with E-state index in [1.165, 1.54) is 0 Å². The summed E-state index contributed by atoms with van der Waals surface area (Å²) in [5.41, 5.74) is 4.35. The molecule has 3 heterocycles. The molecule has 0 spiro atoms. The average Bonchev–Trinajstić information content (AvgIpc) is 3.22. The van der Waals surface area contributed by atoms with Crippen molar-refractivity contribution in [2.45, 2.75) is 39.8 Å². The summed E-state index contributed by atoms with van der Waals surface area (Å²) >= 11 is 6.28. The summed E-state index contributed by atoms with van der Waals surface area (Å²) < 4.78 is 3.81. The summed E-state index contributed by atoms with van der Waals surface area (Å²) in [7, 11) is 0. The number of fused-ring (bicyclic) bond motifs is 1. The number of imidazole rings is 1. The summed E-state index contributed by atoms with van der Waals surface area (Å²) in [5.74, 6) is 0. The molecule has 4 aromatic rings. The van der Waals surface area contributed by atoms with Crippen LogP contribution in [0.1, 0.15) is 24.6 Å². The molecule has 156 valence electrons. The van der Waals surface area contributed by atoms with Crippen LogP contribution >= 0.6 is 24.0 Å². The lowest BCUT2D eigenvalue weighted by atomic mass is 9.94. The van der Waals surface area contributed by atoms with Crippen molar-refractivity contribution in [3.63, 3.8) is 0 Å². The number of benzene rings is 1. The molecule has 0 amide bonds. The highest BCUT2D eigenvalue weighted by atomic mass is 35.5. The molecule has 0 saturated carbocycles. The van der Waals surface area contributed by atoms with Gasteiger partial charge in [-0.3, -0.25) is 9.36 Å². The zero-order valence-corrected chi connectivity index (χ0v) is 18.6. The van der Waals surface area contributed by atoms with E-state index < -0.39 is 0 Å². The monoisotopic (exact) mass is 442 g/mol. The van der Waals surface area contributed by atoms with Gasteiger partial charge in [0.15, 0.2) is 0 Å². The Balaban J connectivity index is 0.00000256. The molecule has 4 rings (SSSR count). The van der Waals surface area contributed by atoms with Crippen LogP contribution in [0.15, 0.2) is 59.9 Å². The van der Waals surface area contributed by atoms with E-state index >= 15 is 0 Å². The zero-order chi connectivity index (χ0) is 20.4. The van der Waals surface area contributed by atoms with Crippen molar-refractivity contribution in [2.24, 2.45) is 0 Å². The predicted octanol–water partition coefficient (Wildman–Crippen LogP) is 5.30.